The highest BCUT2D eigenvalue weighted by Crippen LogP contribution is 2.45. The standard InChI is InChI=1S/C26H23ClF2N6O2/c1-2-34-25-20(8-16(27)12-33-25)19-4-3-15(11-30)7-23(19)35(26(34)36)24-21(28)9-17(10-22(24)29)32-13-18-14-37-6-5-31-18/h3-4,7-10,12,18,31-32H,2,5-6,13-14H2,1H3/t18-/m0/s1. The van der Waals surface area contributed by atoms with Gasteiger partial charge in [0.25, 0.3) is 0 Å². The van der Waals surface area contributed by atoms with Crippen molar-refractivity contribution in [1.82, 2.24) is 10.3 Å². The largest absolute Gasteiger partial charge is 0.383 e. The summed E-state index contributed by atoms with van der Waals surface area (Å²) in [6.07, 6.45) is 1.41. The number of nitrogens with zero attached hydrogens (tertiary/aromatic N) is 4. The smallest absolute Gasteiger partial charge is 0.334 e. The summed E-state index contributed by atoms with van der Waals surface area (Å²) in [5.74, 6) is -1.58. The number of nitriles is 1. The van der Waals surface area contributed by atoms with E-state index in [1.54, 1.807) is 25.1 Å². The summed E-state index contributed by atoms with van der Waals surface area (Å²) in [5.41, 5.74) is 1.00. The maximum atomic E-state index is 15.6. The van der Waals surface area contributed by atoms with Gasteiger partial charge in [-0.2, -0.15) is 5.26 Å². The summed E-state index contributed by atoms with van der Waals surface area (Å²) >= 11 is 6.22. The lowest BCUT2D eigenvalue weighted by atomic mass is 10.0. The van der Waals surface area contributed by atoms with Gasteiger partial charge in [0.05, 0.1) is 35.6 Å². The van der Waals surface area contributed by atoms with Gasteiger partial charge in [-0.15, -0.1) is 0 Å². The van der Waals surface area contributed by atoms with Crippen molar-refractivity contribution in [3.05, 3.63) is 64.8 Å². The fourth-order valence-corrected chi connectivity index (χ4v) is 4.71. The highest BCUT2D eigenvalue weighted by atomic mass is 35.5. The van der Waals surface area contributed by atoms with E-state index in [0.717, 1.165) is 17.0 Å². The highest BCUT2D eigenvalue weighted by molar-refractivity contribution is 6.31. The number of morpholine rings is 1. The van der Waals surface area contributed by atoms with Crippen molar-refractivity contribution in [3.8, 4) is 17.2 Å². The Morgan fingerprint density at radius 1 is 1.24 bits per heavy atom. The van der Waals surface area contributed by atoms with Crippen LogP contribution in [0.2, 0.25) is 5.02 Å². The van der Waals surface area contributed by atoms with Gasteiger partial charge in [0.15, 0.2) is 11.6 Å². The average molecular weight is 525 g/mol. The summed E-state index contributed by atoms with van der Waals surface area (Å²) in [6, 6.07) is 9.85. The number of carbonyl (C=O) groups excluding carboxylic acids is 1. The second-order valence-corrected chi connectivity index (χ2v) is 9.06. The Labute approximate surface area is 217 Å². The number of anilines is 4. The number of fused-ring (bicyclic) bond motifs is 3. The van der Waals surface area contributed by atoms with E-state index in [-0.39, 0.29) is 29.5 Å². The molecule has 2 aliphatic heterocycles. The lowest BCUT2D eigenvalue weighted by Gasteiger charge is -2.29. The van der Waals surface area contributed by atoms with Crippen molar-refractivity contribution in [2.24, 2.45) is 0 Å². The normalized spacial score (nSPS) is 17.1. The van der Waals surface area contributed by atoms with E-state index in [9.17, 15) is 10.1 Å². The molecule has 0 bridgehead atoms. The molecule has 2 aromatic carbocycles. The minimum absolute atomic E-state index is 0.000969. The zero-order valence-corrected chi connectivity index (χ0v) is 20.6. The molecule has 11 heteroatoms. The number of ether oxygens (including phenoxy) is 1. The van der Waals surface area contributed by atoms with Gasteiger partial charge in [-0.1, -0.05) is 17.7 Å². The molecule has 2 aliphatic rings. The molecule has 1 aromatic heterocycles. The Bertz CT molecular complexity index is 1380. The molecule has 0 radical (unpaired) electrons. The predicted molar refractivity (Wildman–Crippen MR) is 137 cm³/mol. The maximum Gasteiger partial charge on any atom is 0.334 e. The van der Waals surface area contributed by atoms with Gasteiger partial charge in [0.2, 0.25) is 0 Å². The molecule has 1 saturated heterocycles. The fourth-order valence-electron chi connectivity index (χ4n) is 4.55. The lowest BCUT2D eigenvalue weighted by Crippen LogP contribution is -2.45. The van der Waals surface area contributed by atoms with Gasteiger partial charge in [-0.05, 0) is 37.3 Å². The quantitative estimate of drug-likeness (QED) is 0.485. The van der Waals surface area contributed by atoms with E-state index < -0.39 is 23.4 Å². The first-order valence-corrected chi connectivity index (χ1v) is 12.1. The van der Waals surface area contributed by atoms with Crippen LogP contribution in [0.1, 0.15) is 12.5 Å². The molecular formula is C26H23ClF2N6O2. The number of benzene rings is 2. The van der Waals surface area contributed by atoms with Crippen LogP contribution in [-0.4, -0.2) is 49.9 Å². The molecule has 0 spiro atoms. The zero-order valence-electron chi connectivity index (χ0n) is 19.9. The fraction of sp³-hybridized carbons (Fsp3) is 0.269. The number of pyridine rings is 1. The summed E-state index contributed by atoms with van der Waals surface area (Å²) in [5, 5.41) is 16.1. The number of halogens is 3. The molecule has 3 aromatic rings. The second kappa shape index (κ2) is 10.3. The van der Waals surface area contributed by atoms with Crippen LogP contribution in [0.25, 0.3) is 11.1 Å². The second-order valence-electron chi connectivity index (χ2n) is 8.63. The van der Waals surface area contributed by atoms with E-state index in [0.29, 0.717) is 48.3 Å². The van der Waals surface area contributed by atoms with E-state index in [1.165, 1.54) is 17.2 Å². The van der Waals surface area contributed by atoms with E-state index in [4.69, 9.17) is 16.3 Å². The van der Waals surface area contributed by atoms with Crippen LogP contribution < -0.4 is 20.4 Å². The van der Waals surface area contributed by atoms with Gasteiger partial charge >= 0.3 is 6.03 Å². The molecule has 8 nitrogen and oxygen atoms in total. The Morgan fingerprint density at radius 2 is 2.03 bits per heavy atom. The van der Waals surface area contributed by atoms with E-state index >= 15 is 8.78 Å². The molecule has 0 unspecified atom stereocenters. The van der Waals surface area contributed by atoms with Crippen molar-refractivity contribution in [3.63, 3.8) is 0 Å². The number of aromatic nitrogens is 1. The summed E-state index contributed by atoms with van der Waals surface area (Å²) in [7, 11) is 0. The topological polar surface area (TPSA) is 93.5 Å². The number of carbonyl (C=O) groups is 1. The molecule has 1 fully saturated rings. The number of hydrogen-bond donors (Lipinski definition) is 2. The molecule has 0 saturated carbocycles. The van der Waals surface area contributed by atoms with Crippen LogP contribution in [0.3, 0.4) is 0 Å². The molecule has 3 heterocycles. The summed E-state index contributed by atoms with van der Waals surface area (Å²) in [4.78, 5) is 20.5. The molecule has 0 aliphatic carbocycles. The van der Waals surface area contributed by atoms with Gasteiger partial charge in [0.1, 0.15) is 11.5 Å². The highest BCUT2D eigenvalue weighted by Gasteiger charge is 2.36. The van der Waals surface area contributed by atoms with Crippen LogP contribution in [0.4, 0.5) is 36.5 Å². The van der Waals surface area contributed by atoms with Gasteiger partial charge in [-0.3, -0.25) is 9.80 Å². The number of rotatable bonds is 5. The van der Waals surface area contributed by atoms with Crippen molar-refractivity contribution >= 4 is 40.5 Å². The number of hydrogen-bond acceptors (Lipinski definition) is 6. The van der Waals surface area contributed by atoms with Crippen molar-refractivity contribution < 1.29 is 18.3 Å². The first-order valence-electron chi connectivity index (χ1n) is 11.8. The zero-order chi connectivity index (χ0) is 26.1. The summed E-state index contributed by atoms with van der Waals surface area (Å²) in [6.45, 7) is 4.12. The SMILES string of the molecule is CCN1C(=O)N(c2c(F)cc(NC[C@H]3COCCN3)cc2F)c2cc(C#N)ccc2-c2cc(Cl)cnc21. The van der Waals surface area contributed by atoms with Crippen LogP contribution in [0.15, 0.2) is 42.6 Å². The van der Waals surface area contributed by atoms with Crippen molar-refractivity contribution in [2.45, 2.75) is 13.0 Å². The van der Waals surface area contributed by atoms with E-state index in [2.05, 4.69) is 15.6 Å². The Kier molecular flexibility index (Phi) is 6.93. The monoisotopic (exact) mass is 524 g/mol. The molecule has 37 heavy (non-hydrogen) atoms. The minimum atomic E-state index is -0.940. The lowest BCUT2D eigenvalue weighted by molar-refractivity contribution is 0.0806. The number of urea groups is 1. The van der Waals surface area contributed by atoms with Crippen LogP contribution in [0.5, 0.6) is 0 Å². The number of amides is 2. The molecule has 2 amide bonds. The van der Waals surface area contributed by atoms with Crippen LogP contribution in [0, 0.1) is 23.0 Å². The predicted octanol–water partition coefficient (Wildman–Crippen LogP) is 5.05. The van der Waals surface area contributed by atoms with Gasteiger partial charge in [-0.25, -0.2) is 18.6 Å². The third kappa shape index (κ3) is 4.69. The Balaban J connectivity index is 1.62. The van der Waals surface area contributed by atoms with Gasteiger partial charge in [0, 0.05) is 48.7 Å². The van der Waals surface area contributed by atoms with Gasteiger partial charge < -0.3 is 15.4 Å². The molecular weight excluding hydrogens is 502 g/mol. The molecule has 1 atom stereocenters. The van der Waals surface area contributed by atoms with Crippen molar-refractivity contribution in [1.29, 1.82) is 5.26 Å². The van der Waals surface area contributed by atoms with Crippen molar-refractivity contribution in [2.75, 3.05) is 48.0 Å². The third-order valence-electron chi connectivity index (χ3n) is 6.28. The first-order chi connectivity index (χ1) is 17.9. The molecule has 5 rings (SSSR count). The maximum absolute atomic E-state index is 15.6. The molecule has 2 N–H and O–H groups in total. The summed E-state index contributed by atoms with van der Waals surface area (Å²) < 4.78 is 36.7. The molecule has 190 valence electrons. The number of nitrogens with one attached hydrogen (secondary N) is 2. The van der Waals surface area contributed by atoms with E-state index in [1.807, 2.05) is 6.07 Å². The minimum Gasteiger partial charge on any atom is -0.383 e. The van der Waals surface area contributed by atoms with Crippen LogP contribution >= 0.6 is 11.6 Å². The third-order valence-corrected chi connectivity index (χ3v) is 6.48. The Hall–Kier alpha value is -3.78. The van der Waals surface area contributed by atoms with Crippen LogP contribution in [-0.2, 0) is 4.74 Å². The average Bonchev–Trinajstić information content (AvgIpc) is 2.99. The Morgan fingerprint density at radius 3 is 2.70 bits per heavy atom. The first kappa shape index (κ1) is 24.9.